The molecule has 0 atom stereocenters. The van der Waals surface area contributed by atoms with Crippen LogP contribution in [0.1, 0.15) is 20.7 Å². The van der Waals surface area contributed by atoms with E-state index < -0.39 is 11.8 Å². The maximum absolute atomic E-state index is 11.9. The Morgan fingerprint density at radius 1 is 1.16 bits per heavy atom. The van der Waals surface area contributed by atoms with Crippen LogP contribution in [-0.4, -0.2) is 21.9 Å². The zero-order valence-electron chi connectivity index (χ0n) is 9.83. The van der Waals surface area contributed by atoms with E-state index in [0.29, 0.717) is 0 Å². The summed E-state index contributed by atoms with van der Waals surface area (Å²) in [5, 5.41) is 12.0. The van der Waals surface area contributed by atoms with E-state index in [4.69, 9.17) is 5.73 Å². The van der Waals surface area contributed by atoms with Crippen LogP contribution in [0.3, 0.4) is 0 Å². The number of aromatic hydroxyl groups is 1. The monoisotopic (exact) mass is 257 g/mol. The fraction of sp³-hybridized carbons (Fsp3) is 0. The number of aromatic nitrogens is 1. The van der Waals surface area contributed by atoms with E-state index in [2.05, 4.69) is 10.3 Å². The second-order valence-electron chi connectivity index (χ2n) is 3.77. The van der Waals surface area contributed by atoms with Gasteiger partial charge in [-0.2, -0.15) is 0 Å². The molecule has 0 radical (unpaired) electrons. The normalized spacial score (nSPS) is 9.89. The van der Waals surface area contributed by atoms with Crippen LogP contribution >= 0.6 is 0 Å². The van der Waals surface area contributed by atoms with Gasteiger partial charge in [-0.15, -0.1) is 0 Å². The number of nitrogens with two attached hydrogens (primary N) is 1. The van der Waals surface area contributed by atoms with E-state index in [9.17, 15) is 14.7 Å². The Balaban J connectivity index is 2.15. The van der Waals surface area contributed by atoms with Gasteiger partial charge in [-0.3, -0.25) is 9.59 Å². The summed E-state index contributed by atoms with van der Waals surface area (Å²) in [6.07, 6.45) is 1.27. The molecule has 1 aromatic carbocycles. The first-order valence-corrected chi connectivity index (χ1v) is 5.43. The van der Waals surface area contributed by atoms with E-state index in [1.165, 1.54) is 30.5 Å². The van der Waals surface area contributed by atoms with Gasteiger partial charge in [0.25, 0.3) is 5.91 Å². The molecular formula is C13H11N3O3. The summed E-state index contributed by atoms with van der Waals surface area (Å²) in [6.45, 7) is 0. The van der Waals surface area contributed by atoms with E-state index in [-0.39, 0.29) is 22.7 Å². The minimum absolute atomic E-state index is 0.117. The predicted molar refractivity (Wildman–Crippen MR) is 68.8 cm³/mol. The van der Waals surface area contributed by atoms with Crippen molar-refractivity contribution in [2.24, 2.45) is 5.73 Å². The molecule has 0 bridgehead atoms. The molecule has 0 fully saturated rings. The van der Waals surface area contributed by atoms with Gasteiger partial charge < -0.3 is 16.2 Å². The summed E-state index contributed by atoms with van der Waals surface area (Å²) in [5.41, 5.74) is 5.47. The Bertz CT molecular complexity index is 623. The smallest absolute Gasteiger partial charge is 0.260 e. The molecule has 4 N–H and O–H groups in total. The molecule has 2 rings (SSSR count). The fourth-order valence-corrected chi connectivity index (χ4v) is 1.46. The van der Waals surface area contributed by atoms with Crippen molar-refractivity contribution in [2.75, 3.05) is 5.32 Å². The highest BCUT2D eigenvalue weighted by molar-refractivity contribution is 6.05. The number of nitrogens with one attached hydrogen (secondary N) is 1. The molecule has 96 valence electrons. The van der Waals surface area contributed by atoms with Crippen LogP contribution in [-0.2, 0) is 0 Å². The molecule has 0 saturated heterocycles. The molecule has 1 heterocycles. The molecule has 6 nitrogen and oxygen atoms in total. The largest absolute Gasteiger partial charge is 0.507 e. The average Bonchev–Trinajstić information content (AvgIpc) is 2.39. The second kappa shape index (κ2) is 5.18. The Morgan fingerprint density at radius 3 is 2.47 bits per heavy atom. The third-order valence-electron chi connectivity index (χ3n) is 2.44. The van der Waals surface area contributed by atoms with Gasteiger partial charge in [-0.25, -0.2) is 4.98 Å². The van der Waals surface area contributed by atoms with E-state index >= 15 is 0 Å². The number of carbonyl (C=O) groups is 2. The van der Waals surface area contributed by atoms with Crippen LogP contribution in [0.15, 0.2) is 42.6 Å². The van der Waals surface area contributed by atoms with Crippen molar-refractivity contribution in [3.8, 4) is 5.75 Å². The van der Waals surface area contributed by atoms with Crippen LogP contribution in [0.4, 0.5) is 5.82 Å². The number of phenols is 1. The summed E-state index contributed by atoms with van der Waals surface area (Å²) in [5.74, 6) is -0.935. The summed E-state index contributed by atoms with van der Waals surface area (Å²) in [6, 6.07) is 9.07. The lowest BCUT2D eigenvalue weighted by Gasteiger charge is -2.06. The lowest BCUT2D eigenvalue weighted by atomic mass is 10.2. The predicted octanol–water partition coefficient (Wildman–Crippen LogP) is 1.14. The van der Waals surface area contributed by atoms with Crippen LogP contribution in [0.5, 0.6) is 5.75 Å². The summed E-state index contributed by atoms with van der Waals surface area (Å²) in [4.78, 5) is 26.6. The summed E-state index contributed by atoms with van der Waals surface area (Å²) in [7, 11) is 0. The van der Waals surface area contributed by atoms with Gasteiger partial charge in [-0.05, 0) is 24.3 Å². The first-order chi connectivity index (χ1) is 9.08. The summed E-state index contributed by atoms with van der Waals surface area (Å²) >= 11 is 0. The van der Waals surface area contributed by atoms with Crippen molar-refractivity contribution in [1.82, 2.24) is 4.98 Å². The molecule has 6 heteroatoms. The highest BCUT2D eigenvalue weighted by Crippen LogP contribution is 2.17. The number of primary amides is 1. The van der Waals surface area contributed by atoms with E-state index in [0.717, 1.165) is 0 Å². The topological polar surface area (TPSA) is 105 Å². The number of amides is 2. The van der Waals surface area contributed by atoms with Crippen LogP contribution in [0, 0.1) is 0 Å². The first kappa shape index (κ1) is 12.6. The fourth-order valence-electron chi connectivity index (χ4n) is 1.46. The zero-order chi connectivity index (χ0) is 13.8. The molecule has 0 aliphatic rings. The Kier molecular flexibility index (Phi) is 3.42. The molecular weight excluding hydrogens is 246 g/mol. The average molecular weight is 257 g/mol. The van der Waals surface area contributed by atoms with Crippen molar-refractivity contribution in [3.05, 3.63) is 53.7 Å². The maximum atomic E-state index is 11.9. The number of hydrogen-bond donors (Lipinski definition) is 3. The minimum Gasteiger partial charge on any atom is -0.507 e. The summed E-state index contributed by atoms with van der Waals surface area (Å²) < 4.78 is 0. The number of rotatable bonds is 3. The zero-order valence-corrected chi connectivity index (χ0v) is 9.83. The molecule has 1 aromatic heterocycles. The molecule has 0 saturated carbocycles. The third kappa shape index (κ3) is 2.86. The van der Waals surface area contributed by atoms with Crippen molar-refractivity contribution >= 4 is 17.6 Å². The number of pyridine rings is 1. The molecule has 0 aliphatic heterocycles. The van der Waals surface area contributed by atoms with Crippen LogP contribution in [0.2, 0.25) is 0 Å². The van der Waals surface area contributed by atoms with Gasteiger partial charge >= 0.3 is 0 Å². The lowest BCUT2D eigenvalue weighted by Crippen LogP contribution is -2.14. The van der Waals surface area contributed by atoms with Crippen molar-refractivity contribution in [3.63, 3.8) is 0 Å². The number of nitrogens with zero attached hydrogens (tertiary/aromatic N) is 1. The van der Waals surface area contributed by atoms with Gasteiger partial charge in [0.2, 0.25) is 5.91 Å². The van der Waals surface area contributed by atoms with Gasteiger partial charge in [0, 0.05) is 6.20 Å². The molecule has 0 aliphatic carbocycles. The SMILES string of the molecule is NC(=O)c1ccc(NC(=O)c2ccccc2O)nc1. The molecule has 19 heavy (non-hydrogen) atoms. The lowest BCUT2D eigenvalue weighted by molar-refractivity contribution is 0.0997. The number of hydrogen-bond acceptors (Lipinski definition) is 4. The highest BCUT2D eigenvalue weighted by atomic mass is 16.3. The Labute approximate surface area is 108 Å². The van der Waals surface area contributed by atoms with E-state index in [1.807, 2.05) is 0 Å². The van der Waals surface area contributed by atoms with Crippen molar-refractivity contribution < 1.29 is 14.7 Å². The number of para-hydroxylation sites is 1. The Morgan fingerprint density at radius 2 is 1.89 bits per heavy atom. The van der Waals surface area contributed by atoms with Crippen LogP contribution in [0.25, 0.3) is 0 Å². The number of phenolic OH excluding ortho intramolecular Hbond substituents is 1. The number of carbonyl (C=O) groups excluding carboxylic acids is 2. The van der Waals surface area contributed by atoms with E-state index in [1.54, 1.807) is 12.1 Å². The van der Waals surface area contributed by atoms with Crippen molar-refractivity contribution in [1.29, 1.82) is 0 Å². The highest BCUT2D eigenvalue weighted by Gasteiger charge is 2.11. The molecule has 2 amide bonds. The maximum Gasteiger partial charge on any atom is 0.260 e. The van der Waals surface area contributed by atoms with Gasteiger partial charge in [0.05, 0.1) is 11.1 Å². The standard InChI is InChI=1S/C13H11N3O3/c14-12(18)8-5-6-11(15-7-8)16-13(19)9-3-1-2-4-10(9)17/h1-7,17H,(H2,14,18)(H,15,16,19). The molecule has 2 aromatic rings. The van der Waals surface area contributed by atoms with Gasteiger partial charge in [0.1, 0.15) is 11.6 Å². The van der Waals surface area contributed by atoms with Crippen LogP contribution < -0.4 is 11.1 Å². The number of benzene rings is 1. The first-order valence-electron chi connectivity index (χ1n) is 5.43. The third-order valence-corrected chi connectivity index (χ3v) is 2.44. The molecule has 0 unspecified atom stereocenters. The quantitative estimate of drug-likeness (QED) is 0.766. The van der Waals surface area contributed by atoms with Gasteiger partial charge in [-0.1, -0.05) is 12.1 Å². The second-order valence-corrected chi connectivity index (χ2v) is 3.77. The number of anilines is 1. The molecule has 0 spiro atoms. The minimum atomic E-state index is -0.592. The van der Waals surface area contributed by atoms with Crippen molar-refractivity contribution in [2.45, 2.75) is 0 Å². The Hall–Kier alpha value is -2.89. The van der Waals surface area contributed by atoms with Gasteiger partial charge in [0.15, 0.2) is 0 Å².